The van der Waals surface area contributed by atoms with E-state index in [1.165, 1.54) is 20.3 Å². The Morgan fingerprint density at radius 3 is 2.43 bits per heavy atom. The van der Waals surface area contributed by atoms with Crippen molar-refractivity contribution < 1.29 is 23.8 Å². The van der Waals surface area contributed by atoms with E-state index < -0.39 is 11.9 Å². The number of ether oxygens (including phenoxy) is 2. The molecule has 5 rings (SSSR count). The maximum absolute atomic E-state index is 15.1. The predicted octanol–water partition coefficient (Wildman–Crippen LogP) is 5.89. The van der Waals surface area contributed by atoms with Gasteiger partial charge in [0.15, 0.2) is 0 Å². The summed E-state index contributed by atoms with van der Waals surface area (Å²) in [6.07, 6.45) is 4.95. The molecule has 1 aromatic heterocycles. The topological polar surface area (TPSA) is 93.6 Å². The molecule has 7 nitrogen and oxygen atoms in total. The van der Waals surface area contributed by atoms with Gasteiger partial charge >= 0.3 is 5.97 Å². The zero-order chi connectivity index (χ0) is 24.9. The van der Waals surface area contributed by atoms with E-state index in [-0.39, 0.29) is 17.8 Å². The Bertz CT molecular complexity index is 1290. The molecule has 0 unspecified atom stereocenters. The van der Waals surface area contributed by atoms with Crippen LogP contribution in [0.1, 0.15) is 41.6 Å². The number of carbonyl (C=O) groups is 1. The zero-order valence-corrected chi connectivity index (χ0v) is 20.5. The molecule has 1 saturated carbocycles. The zero-order valence-electron chi connectivity index (χ0n) is 18.9. The van der Waals surface area contributed by atoms with Crippen LogP contribution in [-0.2, 0) is 11.2 Å². The fraction of sp³-hybridized carbons (Fsp3) is 0.320. The minimum absolute atomic E-state index is 0.101. The molecule has 2 aliphatic rings. The third kappa shape index (κ3) is 4.15. The molecule has 2 N–H and O–H groups in total. The molecule has 1 fully saturated rings. The molecule has 3 atom stereocenters. The lowest BCUT2D eigenvalue weighted by Gasteiger charge is -2.19. The molecule has 0 spiro atoms. The number of carboxylic acids is 1. The Labute approximate surface area is 211 Å². The number of halogens is 3. The lowest BCUT2D eigenvalue weighted by atomic mass is 9.95. The number of benzene rings is 2. The Hall–Kier alpha value is -3.10. The summed E-state index contributed by atoms with van der Waals surface area (Å²) in [7, 11) is 3.01. The van der Waals surface area contributed by atoms with Gasteiger partial charge in [0.1, 0.15) is 23.1 Å². The molecule has 10 heteroatoms. The smallest absolute Gasteiger partial charge is 0.307 e. The van der Waals surface area contributed by atoms with E-state index in [0.29, 0.717) is 69.0 Å². The van der Waals surface area contributed by atoms with Gasteiger partial charge in [-0.2, -0.15) is 0 Å². The monoisotopic (exact) mass is 517 g/mol. The first-order chi connectivity index (χ1) is 16.8. The van der Waals surface area contributed by atoms with E-state index in [0.717, 1.165) is 5.56 Å². The summed E-state index contributed by atoms with van der Waals surface area (Å²) in [5.41, 5.74) is 3.22. The molecule has 0 amide bonds. The first-order valence-electron chi connectivity index (χ1n) is 11.1. The molecule has 2 aromatic carbocycles. The van der Waals surface area contributed by atoms with Gasteiger partial charge in [0.2, 0.25) is 0 Å². The summed E-state index contributed by atoms with van der Waals surface area (Å²) in [4.78, 5) is 19.9. The first kappa shape index (κ1) is 23.6. The Morgan fingerprint density at radius 1 is 1.14 bits per heavy atom. The van der Waals surface area contributed by atoms with Gasteiger partial charge in [-0.15, -0.1) is 0 Å². The van der Waals surface area contributed by atoms with Crippen molar-refractivity contribution in [2.75, 3.05) is 19.5 Å². The van der Waals surface area contributed by atoms with Crippen LogP contribution in [0, 0.1) is 11.7 Å². The molecular weight excluding hydrogens is 496 g/mol. The minimum Gasteiger partial charge on any atom is -0.495 e. The van der Waals surface area contributed by atoms with Gasteiger partial charge in [0, 0.05) is 23.1 Å². The van der Waals surface area contributed by atoms with Crippen molar-refractivity contribution in [2.45, 2.75) is 31.2 Å². The minimum atomic E-state index is -0.818. The van der Waals surface area contributed by atoms with Crippen LogP contribution in [0.15, 0.2) is 30.6 Å². The average Bonchev–Trinajstić information content (AvgIpc) is 3.55. The predicted molar refractivity (Wildman–Crippen MR) is 130 cm³/mol. The lowest BCUT2D eigenvalue weighted by Crippen LogP contribution is -2.11. The van der Waals surface area contributed by atoms with Gasteiger partial charge in [-0.3, -0.25) is 9.78 Å². The molecule has 0 aliphatic heterocycles. The summed E-state index contributed by atoms with van der Waals surface area (Å²) < 4.78 is 25.9. The molecule has 3 aromatic rings. The van der Waals surface area contributed by atoms with Crippen LogP contribution in [0.5, 0.6) is 11.5 Å². The second-order valence-corrected chi connectivity index (χ2v) is 9.38. The number of nitrogens with zero attached hydrogens (tertiary/aromatic N) is 2. The number of carboxylic acid groups (broad SMARTS) is 1. The number of aromatic nitrogens is 2. The fourth-order valence-electron chi connectivity index (χ4n) is 4.79. The van der Waals surface area contributed by atoms with E-state index in [4.69, 9.17) is 37.8 Å². The van der Waals surface area contributed by atoms with Gasteiger partial charge in [-0.25, -0.2) is 9.37 Å². The Morgan fingerprint density at radius 2 is 1.86 bits per heavy atom. The van der Waals surface area contributed by atoms with Gasteiger partial charge in [-0.05, 0) is 36.5 Å². The Balaban J connectivity index is 1.47. The number of methoxy groups -OCH3 is 2. The molecule has 0 radical (unpaired) electrons. The lowest BCUT2D eigenvalue weighted by molar-refractivity contribution is -0.138. The van der Waals surface area contributed by atoms with Crippen molar-refractivity contribution in [3.63, 3.8) is 0 Å². The number of rotatable bonds is 7. The Kier molecular flexibility index (Phi) is 6.19. The molecule has 0 bridgehead atoms. The highest BCUT2D eigenvalue weighted by Gasteiger charge is 2.45. The second kappa shape index (κ2) is 9.17. The molecule has 1 heterocycles. The van der Waals surface area contributed by atoms with Crippen molar-refractivity contribution in [1.82, 2.24) is 9.97 Å². The SMILES string of the molecule is COc1cc(OC)c(Cl)c(-c2ccc(F)c3c2CC[C@H]3Nc2cnc([C@H]3C[C@@H]3C(=O)O)cn2)c1Cl. The van der Waals surface area contributed by atoms with Crippen molar-refractivity contribution in [3.8, 4) is 22.6 Å². The van der Waals surface area contributed by atoms with Crippen LogP contribution in [0.25, 0.3) is 11.1 Å². The van der Waals surface area contributed by atoms with Crippen molar-refractivity contribution in [3.05, 3.63) is 63.3 Å². The number of hydrogen-bond acceptors (Lipinski definition) is 6. The van der Waals surface area contributed by atoms with Gasteiger partial charge in [0.25, 0.3) is 0 Å². The van der Waals surface area contributed by atoms with Crippen LogP contribution >= 0.6 is 23.2 Å². The van der Waals surface area contributed by atoms with Crippen LogP contribution in [0.2, 0.25) is 10.0 Å². The van der Waals surface area contributed by atoms with Crippen molar-refractivity contribution in [1.29, 1.82) is 0 Å². The van der Waals surface area contributed by atoms with Crippen molar-refractivity contribution >= 4 is 35.0 Å². The van der Waals surface area contributed by atoms with Gasteiger partial charge < -0.3 is 19.9 Å². The van der Waals surface area contributed by atoms with Crippen LogP contribution < -0.4 is 14.8 Å². The first-order valence-corrected chi connectivity index (χ1v) is 11.8. The standard InChI is InChI=1S/C25H22Cl2FN3O4/c1-34-18-8-19(35-2)24(27)22(23(18)26)12-3-5-15(28)21-11(12)4-6-16(21)31-20-10-29-17(9-30-20)13-7-14(13)25(32)33/h3,5,8-10,13-14,16H,4,6-7H2,1-2H3,(H,30,31)(H,32,33)/t13-,14-,16+/m0/s1. The number of nitrogens with one attached hydrogen (secondary N) is 1. The quantitative estimate of drug-likeness (QED) is 0.403. The van der Waals surface area contributed by atoms with E-state index in [1.54, 1.807) is 24.5 Å². The van der Waals surface area contributed by atoms with E-state index >= 15 is 4.39 Å². The van der Waals surface area contributed by atoms with Gasteiger partial charge in [-0.1, -0.05) is 29.3 Å². The average molecular weight is 518 g/mol. The van der Waals surface area contributed by atoms with Crippen LogP contribution in [0.4, 0.5) is 10.2 Å². The van der Waals surface area contributed by atoms with Gasteiger partial charge in [0.05, 0.1) is 54.3 Å². The number of fused-ring (bicyclic) bond motifs is 1. The molecule has 2 aliphatic carbocycles. The normalized spacial score (nSPS) is 20.3. The summed E-state index contributed by atoms with van der Waals surface area (Å²) in [5, 5.41) is 13.0. The molecule has 0 saturated heterocycles. The highest BCUT2D eigenvalue weighted by atomic mass is 35.5. The van der Waals surface area contributed by atoms with E-state index in [2.05, 4.69) is 15.3 Å². The summed E-state index contributed by atoms with van der Waals surface area (Å²) in [6, 6.07) is 4.36. The molecule has 182 valence electrons. The summed E-state index contributed by atoms with van der Waals surface area (Å²) in [5.74, 6) is -0.353. The molecular formula is C25H22Cl2FN3O4. The highest BCUT2D eigenvalue weighted by Crippen LogP contribution is 2.50. The van der Waals surface area contributed by atoms with E-state index in [9.17, 15) is 4.79 Å². The fourth-order valence-corrected chi connectivity index (χ4v) is 5.50. The van der Waals surface area contributed by atoms with Crippen LogP contribution in [-0.4, -0.2) is 35.3 Å². The maximum Gasteiger partial charge on any atom is 0.307 e. The second-order valence-electron chi connectivity index (χ2n) is 8.62. The largest absolute Gasteiger partial charge is 0.495 e. The highest BCUT2D eigenvalue weighted by molar-refractivity contribution is 6.41. The number of anilines is 1. The molecule has 35 heavy (non-hydrogen) atoms. The van der Waals surface area contributed by atoms with Crippen molar-refractivity contribution in [2.24, 2.45) is 5.92 Å². The maximum atomic E-state index is 15.1. The number of hydrogen-bond donors (Lipinski definition) is 2. The third-order valence-corrected chi connectivity index (χ3v) is 7.41. The third-order valence-electron chi connectivity index (χ3n) is 6.66. The van der Waals surface area contributed by atoms with Crippen LogP contribution in [0.3, 0.4) is 0 Å². The summed E-state index contributed by atoms with van der Waals surface area (Å²) >= 11 is 13.3. The van der Waals surface area contributed by atoms with E-state index in [1.807, 2.05) is 0 Å². The summed E-state index contributed by atoms with van der Waals surface area (Å²) in [6.45, 7) is 0. The number of aliphatic carboxylic acids is 1.